The van der Waals surface area contributed by atoms with Crippen molar-refractivity contribution in [1.29, 1.82) is 5.26 Å². The number of hydrogen-bond acceptors (Lipinski definition) is 3. The van der Waals surface area contributed by atoms with Gasteiger partial charge in [0.2, 0.25) is 5.91 Å². The summed E-state index contributed by atoms with van der Waals surface area (Å²) >= 11 is 0. The van der Waals surface area contributed by atoms with Gasteiger partial charge in [0.25, 0.3) is 6.43 Å². The van der Waals surface area contributed by atoms with Crippen LogP contribution in [0.2, 0.25) is 0 Å². The summed E-state index contributed by atoms with van der Waals surface area (Å²) in [5.74, 6) is -0.556. The van der Waals surface area contributed by atoms with Gasteiger partial charge in [0.1, 0.15) is 5.82 Å². The molecule has 1 aliphatic heterocycles. The fourth-order valence-corrected chi connectivity index (χ4v) is 2.86. The number of nitrogens with zero attached hydrogens (tertiary/aromatic N) is 2. The smallest absolute Gasteiger partial charge is 0.255 e. The van der Waals surface area contributed by atoms with E-state index in [2.05, 4.69) is 10.2 Å². The van der Waals surface area contributed by atoms with Crippen LogP contribution >= 0.6 is 0 Å². The van der Waals surface area contributed by atoms with Crippen LogP contribution in [0.4, 0.5) is 13.2 Å². The lowest BCUT2D eigenvalue weighted by molar-refractivity contribution is -0.123. The molecule has 2 rings (SSSR count). The molecule has 1 amide bonds. The predicted molar refractivity (Wildman–Crippen MR) is 82.7 cm³/mol. The zero-order valence-electron chi connectivity index (χ0n) is 13.3. The first-order valence-electron chi connectivity index (χ1n) is 7.93. The molecule has 0 unspecified atom stereocenters. The molecule has 0 bridgehead atoms. The molecule has 0 saturated carbocycles. The maximum absolute atomic E-state index is 13.9. The predicted octanol–water partition coefficient (Wildman–Crippen LogP) is 2.68. The van der Waals surface area contributed by atoms with E-state index in [9.17, 15) is 18.0 Å². The Kier molecular flexibility index (Phi) is 6.62. The van der Waals surface area contributed by atoms with E-state index >= 15 is 0 Å². The van der Waals surface area contributed by atoms with Crippen molar-refractivity contribution in [2.24, 2.45) is 5.92 Å². The van der Waals surface area contributed by atoms with Crippen LogP contribution in [0, 0.1) is 23.1 Å². The third-order valence-corrected chi connectivity index (χ3v) is 4.21. The highest BCUT2D eigenvalue weighted by molar-refractivity contribution is 5.76. The minimum atomic E-state index is -2.53. The number of carbonyl (C=O) groups excluding carboxylic acids is 1. The molecule has 1 saturated heterocycles. The van der Waals surface area contributed by atoms with Crippen LogP contribution in [0.3, 0.4) is 0 Å². The third-order valence-electron chi connectivity index (χ3n) is 4.21. The molecular formula is C17H20F3N3O. The first-order chi connectivity index (χ1) is 11.5. The molecule has 1 aromatic rings. The zero-order chi connectivity index (χ0) is 17.5. The molecule has 130 valence electrons. The first kappa shape index (κ1) is 18.3. The summed E-state index contributed by atoms with van der Waals surface area (Å²) in [6.07, 6.45) is -0.718. The second kappa shape index (κ2) is 8.69. The van der Waals surface area contributed by atoms with E-state index in [0.717, 1.165) is 25.9 Å². The summed E-state index contributed by atoms with van der Waals surface area (Å²) in [6.45, 7) is 1.32. The van der Waals surface area contributed by atoms with Gasteiger partial charge in [-0.05, 0) is 44.0 Å². The average molecular weight is 339 g/mol. The molecule has 0 aliphatic carbocycles. The molecule has 0 radical (unpaired) electrons. The summed E-state index contributed by atoms with van der Waals surface area (Å²) in [5, 5.41) is 11.0. The molecular weight excluding hydrogens is 319 g/mol. The number of piperidine rings is 1. The fourth-order valence-electron chi connectivity index (χ4n) is 2.86. The van der Waals surface area contributed by atoms with E-state index < -0.39 is 13.0 Å². The maximum Gasteiger partial charge on any atom is 0.255 e. The van der Waals surface area contributed by atoms with E-state index in [1.807, 2.05) is 6.07 Å². The number of rotatable bonds is 6. The summed E-state index contributed by atoms with van der Waals surface area (Å²) in [6, 6.07) is 6.35. The SMILES string of the molecule is N#Cc1ccc(CN2CCC(CC(=O)NCC(F)F)CC2)c(F)c1. The lowest BCUT2D eigenvalue weighted by Crippen LogP contribution is -2.36. The van der Waals surface area contributed by atoms with E-state index in [4.69, 9.17) is 5.26 Å². The molecule has 24 heavy (non-hydrogen) atoms. The van der Waals surface area contributed by atoms with Gasteiger partial charge < -0.3 is 5.32 Å². The van der Waals surface area contributed by atoms with Gasteiger partial charge in [-0.25, -0.2) is 13.2 Å². The van der Waals surface area contributed by atoms with Crippen LogP contribution in [0.1, 0.15) is 30.4 Å². The van der Waals surface area contributed by atoms with E-state index in [0.29, 0.717) is 17.7 Å². The van der Waals surface area contributed by atoms with Crippen molar-refractivity contribution in [3.05, 3.63) is 35.1 Å². The molecule has 0 aromatic heterocycles. The maximum atomic E-state index is 13.9. The number of benzene rings is 1. The Hall–Kier alpha value is -2.07. The number of hydrogen-bond donors (Lipinski definition) is 1. The van der Waals surface area contributed by atoms with Gasteiger partial charge in [-0.3, -0.25) is 9.69 Å². The van der Waals surface area contributed by atoms with Crippen LogP contribution in [0.25, 0.3) is 0 Å². The topological polar surface area (TPSA) is 56.1 Å². The highest BCUT2D eigenvalue weighted by Gasteiger charge is 2.22. The molecule has 7 heteroatoms. The van der Waals surface area contributed by atoms with Gasteiger partial charge in [0, 0.05) is 18.5 Å². The van der Waals surface area contributed by atoms with Gasteiger partial charge in [0.05, 0.1) is 18.2 Å². The summed E-state index contributed by atoms with van der Waals surface area (Å²) in [4.78, 5) is 13.7. The Morgan fingerprint density at radius 3 is 2.67 bits per heavy atom. The minimum absolute atomic E-state index is 0.171. The number of amides is 1. The number of carbonyl (C=O) groups is 1. The highest BCUT2D eigenvalue weighted by atomic mass is 19.3. The lowest BCUT2D eigenvalue weighted by Gasteiger charge is -2.31. The number of halogens is 3. The van der Waals surface area contributed by atoms with Crippen LogP contribution in [0.15, 0.2) is 18.2 Å². The Morgan fingerprint density at radius 1 is 1.38 bits per heavy atom. The Bertz CT molecular complexity index is 608. The van der Waals surface area contributed by atoms with Crippen molar-refractivity contribution in [3.8, 4) is 6.07 Å². The molecule has 1 heterocycles. The lowest BCUT2D eigenvalue weighted by atomic mass is 9.93. The number of nitriles is 1. The summed E-state index contributed by atoms with van der Waals surface area (Å²) in [7, 11) is 0. The third kappa shape index (κ3) is 5.53. The number of nitrogens with one attached hydrogen (secondary N) is 1. The van der Waals surface area contributed by atoms with E-state index in [-0.39, 0.29) is 24.1 Å². The van der Waals surface area contributed by atoms with Crippen molar-refractivity contribution in [2.45, 2.75) is 32.2 Å². The quantitative estimate of drug-likeness (QED) is 0.867. The number of likely N-dealkylation sites (tertiary alicyclic amines) is 1. The van der Waals surface area contributed by atoms with E-state index in [1.54, 1.807) is 12.1 Å². The fraction of sp³-hybridized carbons (Fsp3) is 0.529. The monoisotopic (exact) mass is 339 g/mol. The molecule has 0 spiro atoms. The Balaban J connectivity index is 1.77. The van der Waals surface area contributed by atoms with Crippen molar-refractivity contribution in [3.63, 3.8) is 0 Å². The van der Waals surface area contributed by atoms with Crippen molar-refractivity contribution in [2.75, 3.05) is 19.6 Å². The molecule has 1 N–H and O–H groups in total. The van der Waals surface area contributed by atoms with Crippen molar-refractivity contribution < 1.29 is 18.0 Å². The second-order valence-corrected chi connectivity index (χ2v) is 6.04. The largest absolute Gasteiger partial charge is 0.350 e. The van der Waals surface area contributed by atoms with Gasteiger partial charge in [0.15, 0.2) is 0 Å². The zero-order valence-corrected chi connectivity index (χ0v) is 13.3. The van der Waals surface area contributed by atoms with Crippen LogP contribution in [0.5, 0.6) is 0 Å². The Morgan fingerprint density at radius 2 is 2.08 bits per heavy atom. The van der Waals surface area contributed by atoms with Gasteiger partial charge in [-0.1, -0.05) is 6.07 Å². The van der Waals surface area contributed by atoms with Crippen LogP contribution in [-0.2, 0) is 11.3 Å². The molecule has 1 aromatic carbocycles. The standard InChI is InChI=1S/C17H20F3N3O/c18-15-7-13(9-21)1-2-14(15)11-23-5-3-12(4-6-23)8-17(24)22-10-16(19)20/h1-2,7,12,16H,3-6,8,10-11H2,(H,22,24). The summed E-state index contributed by atoms with van der Waals surface area (Å²) in [5.41, 5.74) is 0.840. The van der Waals surface area contributed by atoms with Gasteiger partial charge >= 0.3 is 0 Å². The molecule has 1 aliphatic rings. The number of alkyl halides is 2. The summed E-state index contributed by atoms with van der Waals surface area (Å²) < 4.78 is 38.0. The average Bonchev–Trinajstić information content (AvgIpc) is 2.56. The molecule has 1 fully saturated rings. The van der Waals surface area contributed by atoms with Crippen LogP contribution in [-0.4, -0.2) is 36.9 Å². The molecule has 0 atom stereocenters. The Labute approximate surface area is 139 Å². The van der Waals surface area contributed by atoms with Crippen LogP contribution < -0.4 is 5.32 Å². The normalized spacial score (nSPS) is 16.1. The van der Waals surface area contributed by atoms with Crippen molar-refractivity contribution in [1.82, 2.24) is 10.2 Å². The molecule has 4 nitrogen and oxygen atoms in total. The van der Waals surface area contributed by atoms with Crippen molar-refractivity contribution >= 4 is 5.91 Å². The second-order valence-electron chi connectivity index (χ2n) is 6.04. The van der Waals surface area contributed by atoms with Gasteiger partial charge in [-0.2, -0.15) is 5.26 Å². The van der Waals surface area contributed by atoms with Gasteiger partial charge in [-0.15, -0.1) is 0 Å². The minimum Gasteiger partial charge on any atom is -0.350 e. The highest BCUT2D eigenvalue weighted by Crippen LogP contribution is 2.22. The van der Waals surface area contributed by atoms with E-state index in [1.165, 1.54) is 6.07 Å². The first-order valence-corrected chi connectivity index (χ1v) is 7.93.